The first-order chi connectivity index (χ1) is 8.95. The standard InChI is InChI=1S/C14H26N2O3.ClH/c1-3-10-7-16-8-12(10)5-4-11(14(18)19)6-9(2)13(15)17;/h9-12,16H,3-8H2,1-2H3,(H2,15,17)(H,18,19);1H. The fourth-order valence-electron chi connectivity index (χ4n) is 2.90. The lowest BCUT2D eigenvalue weighted by Gasteiger charge is -2.20. The number of nitrogens with two attached hydrogens (primary N) is 1. The number of hydrogen-bond acceptors (Lipinski definition) is 3. The van der Waals surface area contributed by atoms with Crippen LogP contribution in [-0.2, 0) is 9.59 Å². The Kier molecular flexibility index (Phi) is 8.81. The average molecular weight is 307 g/mol. The minimum Gasteiger partial charge on any atom is -0.481 e. The summed E-state index contributed by atoms with van der Waals surface area (Å²) in [5, 5.41) is 12.6. The Hall–Kier alpha value is -0.810. The second-order valence-electron chi connectivity index (χ2n) is 5.74. The molecule has 0 aromatic rings. The van der Waals surface area contributed by atoms with Crippen LogP contribution in [-0.4, -0.2) is 30.1 Å². The minimum absolute atomic E-state index is 0. The van der Waals surface area contributed by atoms with E-state index in [0.717, 1.165) is 25.9 Å². The molecule has 1 aliphatic heterocycles. The van der Waals surface area contributed by atoms with Crippen LogP contribution in [0.15, 0.2) is 0 Å². The first-order valence-corrected chi connectivity index (χ1v) is 7.18. The summed E-state index contributed by atoms with van der Waals surface area (Å²) in [7, 11) is 0. The van der Waals surface area contributed by atoms with Crippen molar-refractivity contribution in [2.75, 3.05) is 13.1 Å². The number of hydrogen-bond donors (Lipinski definition) is 3. The average Bonchev–Trinajstić information content (AvgIpc) is 2.80. The number of carbonyl (C=O) groups excluding carboxylic acids is 1. The zero-order valence-electron chi connectivity index (χ0n) is 12.3. The van der Waals surface area contributed by atoms with E-state index >= 15 is 0 Å². The lowest BCUT2D eigenvalue weighted by molar-refractivity contribution is -0.143. The van der Waals surface area contributed by atoms with Gasteiger partial charge in [-0.2, -0.15) is 0 Å². The van der Waals surface area contributed by atoms with Gasteiger partial charge in [0.25, 0.3) is 0 Å². The van der Waals surface area contributed by atoms with Gasteiger partial charge in [-0.1, -0.05) is 20.3 Å². The van der Waals surface area contributed by atoms with Gasteiger partial charge in [-0.3, -0.25) is 9.59 Å². The Balaban J connectivity index is 0.00000361. The highest BCUT2D eigenvalue weighted by molar-refractivity contribution is 5.85. The SMILES string of the molecule is CCC1CNCC1CCC(CC(C)C(N)=O)C(=O)O.Cl. The number of carboxylic acid groups (broad SMARTS) is 1. The molecular formula is C14H27ClN2O3. The third-order valence-electron chi connectivity index (χ3n) is 4.36. The second kappa shape index (κ2) is 9.19. The summed E-state index contributed by atoms with van der Waals surface area (Å²) in [6, 6.07) is 0. The summed E-state index contributed by atoms with van der Waals surface area (Å²) in [5.41, 5.74) is 5.20. The molecule has 1 amide bonds. The van der Waals surface area contributed by atoms with E-state index in [1.807, 2.05) is 0 Å². The molecular weight excluding hydrogens is 280 g/mol. The van der Waals surface area contributed by atoms with Crippen molar-refractivity contribution in [2.24, 2.45) is 29.4 Å². The van der Waals surface area contributed by atoms with Crippen LogP contribution in [0.5, 0.6) is 0 Å². The molecule has 118 valence electrons. The number of primary amides is 1. The molecule has 0 bridgehead atoms. The Labute approximate surface area is 127 Å². The van der Waals surface area contributed by atoms with Crippen molar-refractivity contribution in [3.05, 3.63) is 0 Å². The molecule has 4 atom stereocenters. The number of carboxylic acids is 1. The van der Waals surface area contributed by atoms with E-state index in [2.05, 4.69) is 12.2 Å². The second-order valence-corrected chi connectivity index (χ2v) is 5.74. The van der Waals surface area contributed by atoms with E-state index in [1.54, 1.807) is 6.92 Å². The molecule has 6 heteroatoms. The van der Waals surface area contributed by atoms with E-state index in [0.29, 0.717) is 24.7 Å². The monoisotopic (exact) mass is 306 g/mol. The Bertz CT molecular complexity index is 326. The number of amides is 1. The van der Waals surface area contributed by atoms with Gasteiger partial charge in [0.2, 0.25) is 5.91 Å². The highest BCUT2D eigenvalue weighted by Crippen LogP contribution is 2.28. The third-order valence-corrected chi connectivity index (χ3v) is 4.36. The largest absolute Gasteiger partial charge is 0.481 e. The molecule has 20 heavy (non-hydrogen) atoms. The molecule has 5 nitrogen and oxygen atoms in total. The summed E-state index contributed by atoms with van der Waals surface area (Å²) in [6.45, 7) is 5.89. The molecule has 1 heterocycles. The van der Waals surface area contributed by atoms with Gasteiger partial charge in [0.1, 0.15) is 0 Å². The van der Waals surface area contributed by atoms with Gasteiger partial charge in [0.15, 0.2) is 0 Å². The van der Waals surface area contributed by atoms with Gasteiger partial charge < -0.3 is 16.2 Å². The highest BCUT2D eigenvalue weighted by Gasteiger charge is 2.28. The van der Waals surface area contributed by atoms with Crippen molar-refractivity contribution in [3.8, 4) is 0 Å². The molecule has 1 fully saturated rings. The highest BCUT2D eigenvalue weighted by atomic mass is 35.5. The zero-order valence-corrected chi connectivity index (χ0v) is 13.1. The van der Waals surface area contributed by atoms with E-state index in [9.17, 15) is 14.7 Å². The Morgan fingerprint density at radius 1 is 1.35 bits per heavy atom. The number of aliphatic carboxylic acids is 1. The predicted molar refractivity (Wildman–Crippen MR) is 80.7 cm³/mol. The molecule has 4 unspecified atom stereocenters. The van der Waals surface area contributed by atoms with Crippen molar-refractivity contribution >= 4 is 24.3 Å². The summed E-state index contributed by atoms with van der Waals surface area (Å²) in [5.74, 6) is -0.837. The van der Waals surface area contributed by atoms with Crippen molar-refractivity contribution < 1.29 is 14.7 Å². The maximum absolute atomic E-state index is 11.2. The van der Waals surface area contributed by atoms with Crippen LogP contribution >= 0.6 is 12.4 Å². The minimum atomic E-state index is -0.813. The van der Waals surface area contributed by atoms with Crippen LogP contribution in [0.25, 0.3) is 0 Å². The lowest BCUT2D eigenvalue weighted by atomic mass is 9.84. The number of carbonyl (C=O) groups is 2. The van der Waals surface area contributed by atoms with Crippen molar-refractivity contribution in [1.29, 1.82) is 0 Å². The molecule has 0 spiro atoms. The number of nitrogens with one attached hydrogen (secondary N) is 1. The Morgan fingerprint density at radius 2 is 1.95 bits per heavy atom. The van der Waals surface area contributed by atoms with Crippen LogP contribution in [0.1, 0.15) is 39.5 Å². The summed E-state index contributed by atoms with van der Waals surface area (Å²) >= 11 is 0. The predicted octanol–water partition coefficient (Wildman–Crippen LogP) is 1.65. The molecule has 0 saturated carbocycles. The maximum Gasteiger partial charge on any atom is 0.306 e. The van der Waals surface area contributed by atoms with Gasteiger partial charge in [0.05, 0.1) is 5.92 Å². The molecule has 1 aliphatic rings. The Morgan fingerprint density at radius 3 is 2.45 bits per heavy atom. The van der Waals surface area contributed by atoms with Crippen LogP contribution in [0.3, 0.4) is 0 Å². The molecule has 0 aromatic carbocycles. The molecule has 1 saturated heterocycles. The van der Waals surface area contributed by atoms with Crippen molar-refractivity contribution in [1.82, 2.24) is 5.32 Å². The summed E-state index contributed by atoms with van der Waals surface area (Å²) < 4.78 is 0. The van der Waals surface area contributed by atoms with Crippen LogP contribution < -0.4 is 11.1 Å². The topological polar surface area (TPSA) is 92.4 Å². The first-order valence-electron chi connectivity index (χ1n) is 7.18. The molecule has 4 N–H and O–H groups in total. The van der Waals surface area contributed by atoms with Crippen molar-refractivity contribution in [3.63, 3.8) is 0 Å². The van der Waals surface area contributed by atoms with Gasteiger partial charge in [-0.15, -0.1) is 12.4 Å². The molecule has 0 radical (unpaired) electrons. The van der Waals surface area contributed by atoms with E-state index < -0.39 is 17.8 Å². The first kappa shape index (κ1) is 19.2. The quantitative estimate of drug-likeness (QED) is 0.635. The molecule has 0 aromatic heterocycles. The van der Waals surface area contributed by atoms with E-state index in [4.69, 9.17) is 5.73 Å². The van der Waals surface area contributed by atoms with Crippen molar-refractivity contribution in [2.45, 2.75) is 39.5 Å². The zero-order chi connectivity index (χ0) is 14.4. The van der Waals surface area contributed by atoms with E-state index in [-0.39, 0.29) is 18.3 Å². The maximum atomic E-state index is 11.2. The van der Waals surface area contributed by atoms with Crippen LogP contribution in [0.4, 0.5) is 0 Å². The van der Waals surface area contributed by atoms with Crippen LogP contribution in [0, 0.1) is 23.7 Å². The van der Waals surface area contributed by atoms with Gasteiger partial charge in [0, 0.05) is 5.92 Å². The smallest absolute Gasteiger partial charge is 0.306 e. The van der Waals surface area contributed by atoms with Crippen LogP contribution in [0.2, 0.25) is 0 Å². The van der Waals surface area contributed by atoms with Gasteiger partial charge >= 0.3 is 5.97 Å². The van der Waals surface area contributed by atoms with Gasteiger partial charge in [-0.05, 0) is 44.2 Å². The fraction of sp³-hybridized carbons (Fsp3) is 0.857. The number of halogens is 1. The van der Waals surface area contributed by atoms with Gasteiger partial charge in [-0.25, -0.2) is 0 Å². The molecule has 1 rings (SSSR count). The molecule has 0 aliphatic carbocycles. The summed E-state index contributed by atoms with van der Waals surface area (Å²) in [4.78, 5) is 22.3. The van der Waals surface area contributed by atoms with E-state index in [1.165, 1.54) is 0 Å². The fourth-order valence-corrected chi connectivity index (χ4v) is 2.90. The summed E-state index contributed by atoms with van der Waals surface area (Å²) in [6.07, 6.45) is 3.03. The third kappa shape index (κ3) is 5.67. The lowest BCUT2D eigenvalue weighted by Crippen LogP contribution is -2.26. The number of rotatable bonds is 8. The normalized spacial score (nSPS) is 24.7.